The summed E-state index contributed by atoms with van der Waals surface area (Å²) in [5.74, 6) is -1.43. The summed E-state index contributed by atoms with van der Waals surface area (Å²) in [6, 6.07) is 14.3. The molecule has 0 unspecified atom stereocenters. The van der Waals surface area contributed by atoms with E-state index in [1.54, 1.807) is 36.4 Å². The van der Waals surface area contributed by atoms with Crippen molar-refractivity contribution in [2.24, 2.45) is 5.41 Å². The Morgan fingerprint density at radius 2 is 1.56 bits per heavy atom. The second-order valence-electron chi connectivity index (χ2n) is 6.63. The molecule has 3 N–H and O–H groups in total. The molecule has 1 saturated carbocycles. The summed E-state index contributed by atoms with van der Waals surface area (Å²) >= 11 is 0. The predicted octanol–water partition coefficient (Wildman–Crippen LogP) is 3.07. The summed E-state index contributed by atoms with van der Waals surface area (Å²) < 4.78 is 27.5. The third-order valence-electron chi connectivity index (χ3n) is 4.76. The van der Waals surface area contributed by atoms with Crippen LogP contribution in [0.5, 0.6) is 0 Å². The van der Waals surface area contributed by atoms with Crippen molar-refractivity contribution in [2.45, 2.75) is 30.6 Å². The van der Waals surface area contributed by atoms with Gasteiger partial charge in [0.2, 0.25) is 5.91 Å². The number of para-hydroxylation sites is 2. The van der Waals surface area contributed by atoms with Crippen molar-refractivity contribution in [3.8, 4) is 0 Å². The summed E-state index contributed by atoms with van der Waals surface area (Å²) in [4.78, 5) is 23.9. The summed E-state index contributed by atoms with van der Waals surface area (Å²) in [6.45, 7) is 0. The molecule has 0 aliphatic heterocycles. The molecule has 0 radical (unpaired) electrons. The van der Waals surface area contributed by atoms with Crippen molar-refractivity contribution in [3.63, 3.8) is 0 Å². The fraction of sp³-hybridized carbons (Fsp3) is 0.263. The summed E-state index contributed by atoms with van der Waals surface area (Å²) in [5, 5.41) is 12.0. The van der Waals surface area contributed by atoms with Crippen molar-refractivity contribution in [1.29, 1.82) is 0 Å². The molecule has 2 aromatic rings. The smallest absolute Gasteiger partial charge is 0.310 e. The van der Waals surface area contributed by atoms with Crippen molar-refractivity contribution in [3.05, 3.63) is 54.6 Å². The number of carbonyl (C=O) groups is 2. The number of carboxylic acids is 1. The number of benzene rings is 2. The minimum absolute atomic E-state index is 0.102. The molecule has 1 amide bonds. The molecule has 1 fully saturated rings. The molecule has 0 saturated heterocycles. The fourth-order valence-corrected chi connectivity index (χ4v) is 4.16. The number of hydrogen-bond acceptors (Lipinski definition) is 4. The zero-order valence-corrected chi connectivity index (χ0v) is 15.3. The number of hydrogen-bond donors (Lipinski definition) is 3. The molecule has 0 atom stereocenters. The summed E-state index contributed by atoms with van der Waals surface area (Å²) in [6.07, 6.45) is 1.59. The molecule has 3 rings (SSSR count). The van der Waals surface area contributed by atoms with E-state index in [9.17, 15) is 23.1 Å². The molecule has 142 valence electrons. The monoisotopic (exact) mass is 388 g/mol. The predicted molar refractivity (Wildman–Crippen MR) is 101 cm³/mol. The van der Waals surface area contributed by atoms with E-state index in [1.165, 1.54) is 18.2 Å². The molecular formula is C19H20N2O5S. The lowest BCUT2D eigenvalue weighted by atomic mass is 9.66. The van der Waals surface area contributed by atoms with Gasteiger partial charge in [-0.25, -0.2) is 8.42 Å². The fourth-order valence-electron chi connectivity index (χ4n) is 3.06. The number of rotatable bonds is 7. The lowest BCUT2D eigenvalue weighted by Gasteiger charge is -2.36. The average molecular weight is 388 g/mol. The SMILES string of the molecule is O=C(CC1(C(=O)O)CCC1)Nc1ccccc1NS(=O)(=O)c1ccccc1. The van der Waals surface area contributed by atoms with E-state index in [0.717, 1.165) is 6.42 Å². The zero-order valence-electron chi connectivity index (χ0n) is 14.5. The van der Waals surface area contributed by atoms with Crippen LogP contribution in [-0.2, 0) is 19.6 Å². The van der Waals surface area contributed by atoms with Crippen molar-refractivity contribution < 1.29 is 23.1 Å². The van der Waals surface area contributed by atoms with Crippen molar-refractivity contribution in [2.75, 3.05) is 10.0 Å². The number of carbonyl (C=O) groups excluding carboxylic acids is 1. The minimum atomic E-state index is -3.81. The Bertz CT molecular complexity index is 953. The number of aliphatic carboxylic acids is 1. The number of nitrogens with one attached hydrogen (secondary N) is 2. The van der Waals surface area contributed by atoms with Crippen LogP contribution in [0.3, 0.4) is 0 Å². The largest absolute Gasteiger partial charge is 0.481 e. The molecule has 27 heavy (non-hydrogen) atoms. The van der Waals surface area contributed by atoms with Gasteiger partial charge in [-0.1, -0.05) is 36.8 Å². The van der Waals surface area contributed by atoms with E-state index in [4.69, 9.17) is 0 Å². The van der Waals surface area contributed by atoms with Gasteiger partial charge >= 0.3 is 5.97 Å². The molecular weight excluding hydrogens is 368 g/mol. The van der Waals surface area contributed by atoms with Gasteiger partial charge in [-0.2, -0.15) is 0 Å². The highest BCUT2D eigenvalue weighted by Crippen LogP contribution is 2.44. The first-order valence-electron chi connectivity index (χ1n) is 8.53. The Morgan fingerprint density at radius 3 is 2.11 bits per heavy atom. The first kappa shape index (κ1) is 18.9. The van der Waals surface area contributed by atoms with Crippen LogP contribution < -0.4 is 10.0 Å². The van der Waals surface area contributed by atoms with Crippen LogP contribution in [0.4, 0.5) is 11.4 Å². The normalized spacial score (nSPS) is 15.4. The van der Waals surface area contributed by atoms with Crippen LogP contribution in [0.2, 0.25) is 0 Å². The van der Waals surface area contributed by atoms with Crippen LogP contribution in [0.25, 0.3) is 0 Å². The molecule has 7 nitrogen and oxygen atoms in total. The maximum Gasteiger partial charge on any atom is 0.310 e. The highest BCUT2D eigenvalue weighted by molar-refractivity contribution is 7.92. The van der Waals surface area contributed by atoms with Gasteiger partial charge in [0.05, 0.1) is 21.7 Å². The first-order valence-corrected chi connectivity index (χ1v) is 10.0. The first-order chi connectivity index (χ1) is 12.8. The van der Waals surface area contributed by atoms with E-state index >= 15 is 0 Å². The van der Waals surface area contributed by atoms with E-state index in [2.05, 4.69) is 10.0 Å². The average Bonchev–Trinajstić information content (AvgIpc) is 2.60. The maximum atomic E-state index is 12.5. The van der Waals surface area contributed by atoms with Gasteiger partial charge in [-0.05, 0) is 37.1 Å². The van der Waals surface area contributed by atoms with E-state index < -0.39 is 27.3 Å². The second kappa shape index (κ2) is 7.40. The van der Waals surface area contributed by atoms with Gasteiger partial charge in [0.25, 0.3) is 10.0 Å². The Labute approximate surface area is 157 Å². The van der Waals surface area contributed by atoms with Gasteiger partial charge in [0.1, 0.15) is 0 Å². The van der Waals surface area contributed by atoms with Crippen LogP contribution in [0.1, 0.15) is 25.7 Å². The van der Waals surface area contributed by atoms with Gasteiger partial charge in [0, 0.05) is 6.42 Å². The Balaban J connectivity index is 1.76. The molecule has 2 aromatic carbocycles. The van der Waals surface area contributed by atoms with Gasteiger partial charge in [-0.3, -0.25) is 14.3 Å². The molecule has 1 aliphatic rings. The van der Waals surface area contributed by atoms with E-state index in [-0.39, 0.29) is 22.7 Å². The number of anilines is 2. The lowest BCUT2D eigenvalue weighted by molar-refractivity contribution is -0.157. The number of amides is 1. The molecule has 0 heterocycles. The standard InChI is InChI=1S/C19H20N2O5S/c22-17(13-19(18(23)24)11-6-12-19)20-15-9-4-5-10-16(15)21-27(25,26)14-7-2-1-3-8-14/h1-5,7-10,21H,6,11-13H2,(H,20,22)(H,23,24). The van der Waals surface area contributed by atoms with E-state index in [1.807, 2.05) is 0 Å². The topological polar surface area (TPSA) is 113 Å². The maximum absolute atomic E-state index is 12.5. The number of carboxylic acid groups (broad SMARTS) is 1. The van der Waals surface area contributed by atoms with Crippen molar-refractivity contribution >= 4 is 33.3 Å². The minimum Gasteiger partial charge on any atom is -0.481 e. The third-order valence-corrected chi connectivity index (χ3v) is 6.14. The van der Waals surface area contributed by atoms with Crippen molar-refractivity contribution in [1.82, 2.24) is 0 Å². The summed E-state index contributed by atoms with van der Waals surface area (Å²) in [7, 11) is -3.81. The Morgan fingerprint density at radius 1 is 0.963 bits per heavy atom. The van der Waals surface area contributed by atoms with Gasteiger partial charge in [0.15, 0.2) is 0 Å². The van der Waals surface area contributed by atoms with Crippen LogP contribution >= 0.6 is 0 Å². The Kier molecular flexibility index (Phi) is 5.18. The quantitative estimate of drug-likeness (QED) is 0.675. The van der Waals surface area contributed by atoms with E-state index in [0.29, 0.717) is 12.8 Å². The van der Waals surface area contributed by atoms with Crippen LogP contribution in [0, 0.1) is 5.41 Å². The highest BCUT2D eigenvalue weighted by Gasteiger charge is 2.45. The molecule has 1 aliphatic carbocycles. The molecule has 0 bridgehead atoms. The van der Waals surface area contributed by atoms with Crippen LogP contribution in [0.15, 0.2) is 59.5 Å². The highest BCUT2D eigenvalue weighted by atomic mass is 32.2. The van der Waals surface area contributed by atoms with Gasteiger partial charge in [-0.15, -0.1) is 0 Å². The molecule has 0 spiro atoms. The lowest BCUT2D eigenvalue weighted by Crippen LogP contribution is -2.41. The second-order valence-corrected chi connectivity index (χ2v) is 8.31. The third kappa shape index (κ3) is 4.11. The molecule has 8 heteroatoms. The number of sulfonamides is 1. The Hall–Kier alpha value is -2.87. The zero-order chi connectivity index (χ0) is 19.5. The summed E-state index contributed by atoms with van der Waals surface area (Å²) in [5.41, 5.74) is -0.516. The van der Waals surface area contributed by atoms with Crippen LogP contribution in [-0.4, -0.2) is 25.4 Å². The molecule has 0 aromatic heterocycles. The van der Waals surface area contributed by atoms with Gasteiger partial charge < -0.3 is 10.4 Å².